The van der Waals surface area contributed by atoms with Crippen molar-refractivity contribution in [2.75, 3.05) is 13.1 Å². The molecule has 0 spiro atoms. The van der Waals surface area contributed by atoms with Crippen LogP contribution in [0, 0.1) is 6.92 Å². The SMILES string of the molecule is Cc1ncccc1C(=O)N1CCCC1CCCN. The van der Waals surface area contributed by atoms with Crippen molar-refractivity contribution in [3.8, 4) is 0 Å². The van der Waals surface area contributed by atoms with Crippen LogP contribution in [0.5, 0.6) is 0 Å². The Bertz CT molecular complexity index is 419. The number of hydrogen-bond donors (Lipinski definition) is 1. The highest BCUT2D eigenvalue weighted by molar-refractivity contribution is 5.95. The van der Waals surface area contributed by atoms with E-state index >= 15 is 0 Å². The third-order valence-electron chi connectivity index (χ3n) is 3.62. The maximum Gasteiger partial charge on any atom is 0.255 e. The number of aromatic nitrogens is 1. The van der Waals surface area contributed by atoms with Gasteiger partial charge in [0.25, 0.3) is 5.91 Å². The van der Waals surface area contributed by atoms with Crippen LogP contribution in [0.1, 0.15) is 41.7 Å². The molecule has 18 heavy (non-hydrogen) atoms. The summed E-state index contributed by atoms with van der Waals surface area (Å²) in [6, 6.07) is 4.05. The maximum atomic E-state index is 12.5. The van der Waals surface area contributed by atoms with Gasteiger partial charge >= 0.3 is 0 Å². The first-order chi connectivity index (χ1) is 8.74. The largest absolute Gasteiger partial charge is 0.336 e. The predicted octanol–water partition coefficient (Wildman–Crippen LogP) is 1.73. The van der Waals surface area contributed by atoms with Crippen LogP contribution < -0.4 is 5.73 Å². The molecule has 4 heteroatoms. The van der Waals surface area contributed by atoms with Crippen LogP contribution in [-0.2, 0) is 0 Å². The highest BCUT2D eigenvalue weighted by Gasteiger charge is 2.29. The molecule has 0 bridgehead atoms. The van der Waals surface area contributed by atoms with Gasteiger partial charge in [-0.25, -0.2) is 0 Å². The molecule has 0 aliphatic carbocycles. The van der Waals surface area contributed by atoms with Gasteiger partial charge in [-0.05, 0) is 51.3 Å². The van der Waals surface area contributed by atoms with Crippen molar-refractivity contribution in [3.05, 3.63) is 29.6 Å². The van der Waals surface area contributed by atoms with Crippen LogP contribution in [0.4, 0.5) is 0 Å². The van der Waals surface area contributed by atoms with Gasteiger partial charge in [0.2, 0.25) is 0 Å². The molecule has 0 radical (unpaired) electrons. The molecule has 2 rings (SSSR count). The average molecular weight is 247 g/mol. The number of aryl methyl sites for hydroxylation is 1. The molecule has 4 nitrogen and oxygen atoms in total. The summed E-state index contributed by atoms with van der Waals surface area (Å²) in [4.78, 5) is 18.7. The molecule has 0 aromatic carbocycles. The third-order valence-corrected chi connectivity index (χ3v) is 3.62. The average Bonchev–Trinajstić information content (AvgIpc) is 2.84. The van der Waals surface area contributed by atoms with Gasteiger partial charge in [0.05, 0.1) is 5.56 Å². The normalized spacial score (nSPS) is 19.2. The predicted molar refractivity (Wildman–Crippen MR) is 71.3 cm³/mol. The molecule has 1 aliphatic heterocycles. The summed E-state index contributed by atoms with van der Waals surface area (Å²) in [5.41, 5.74) is 7.10. The molecule has 1 unspecified atom stereocenters. The Morgan fingerprint density at radius 2 is 2.44 bits per heavy atom. The van der Waals surface area contributed by atoms with Crippen molar-refractivity contribution < 1.29 is 4.79 Å². The van der Waals surface area contributed by atoms with Crippen molar-refractivity contribution in [1.29, 1.82) is 0 Å². The zero-order chi connectivity index (χ0) is 13.0. The molecule has 98 valence electrons. The Balaban J connectivity index is 2.10. The number of amides is 1. The standard InChI is InChI=1S/C14H21N3O/c1-11-13(7-3-9-16-11)14(18)17-10-4-6-12(17)5-2-8-15/h3,7,9,12H,2,4-6,8,10,15H2,1H3. The van der Waals surface area contributed by atoms with E-state index in [-0.39, 0.29) is 5.91 Å². The van der Waals surface area contributed by atoms with Gasteiger partial charge in [0.15, 0.2) is 0 Å². The molecular weight excluding hydrogens is 226 g/mol. The Morgan fingerprint density at radius 1 is 1.61 bits per heavy atom. The molecule has 2 N–H and O–H groups in total. The number of hydrogen-bond acceptors (Lipinski definition) is 3. The monoisotopic (exact) mass is 247 g/mol. The number of carbonyl (C=O) groups excluding carboxylic acids is 1. The van der Waals surface area contributed by atoms with Crippen molar-refractivity contribution >= 4 is 5.91 Å². The summed E-state index contributed by atoms with van der Waals surface area (Å²) in [5.74, 6) is 0.125. The van der Waals surface area contributed by atoms with Crippen LogP contribution in [0.25, 0.3) is 0 Å². The Labute approximate surface area is 108 Å². The van der Waals surface area contributed by atoms with Crippen LogP contribution in [0.15, 0.2) is 18.3 Å². The van der Waals surface area contributed by atoms with E-state index in [4.69, 9.17) is 5.73 Å². The number of likely N-dealkylation sites (tertiary alicyclic amines) is 1. The van der Waals surface area contributed by atoms with Crippen molar-refractivity contribution in [2.45, 2.75) is 38.6 Å². The number of rotatable bonds is 4. The second kappa shape index (κ2) is 5.96. The van der Waals surface area contributed by atoms with E-state index in [1.807, 2.05) is 24.0 Å². The third kappa shape index (κ3) is 2.70. The first kappa shape index (κ1) is 13.0. The van der Waals surface area contributed by atoms with Gasteiger partial charge in [-0.15, -0.1) is 0 Å². The highest BCUT2D eigenvalue weighted by Crippen LogP contribution is 2.23. The summed E-state index contributed by atoms with van der Waals surface area (Å²) in [7, 11) is 0. The lowest BCUT2D eigenvalue weighted by atomic mass is 10.1. The first-order valence-corrected chi connectivity index (χ1v) is 6.66. The van der Waals surface area contributed by atoms with E-state index in [2.05, 4.69) is 4.98 Å². The van der Waals surface area contributed by atoms with E-state index in [9.17, 15) is 4.79 Å². The molecule has 1 fully saturated rings. The molecule has 0 saturated carbocycles. The van der Waals surface area contributed by atoms with Gasteiger partial charge in [-0.2, -0.15) is 0 Å². The second-order valence-electron chi connectivity index (χ2n) is 4.86. The molecule has 1 saturated heterocycles. The number of pyridine rings is 1. The van der Waals surface area contributed by atoms with E-state index < -0.39 is 0 Å². The summed E-state index contributed by atoms with van der Waals surface area (Å²) in [6.45, 7) is 3.45. The number of nitrogens with zero attached hydrogens (tertiary/aromatic N) is 2. The van der Waals surface area contributed by atoms with Gasteiger partial charge in [0, 0.05) is 24.5 Å². The first-order valence-electron chi connectivity index (χ1n) is 6.66. The minimum atomic E-state index is 0.125. The van der Waals surface area contributed by atoms with E-state index in [1.165, 1.54) is 0 Å². The smallest absolute Gasteiger partial charge is 0.255 e. The van der Waals surface area contributed by atoms with E-state index in [0.29, 0.717) is 12.6 Å². The molecule has 1 aromatic heterocycles. The van der Waals surface area contributed by atoms with E-state index in [1.54, 1.807) is 6.20 Å². The van der Waals surface area contributed by atoms with Crippen LogP contribution >= 0.6 is 0 Å². The molecule has 1 aliphatic rings. The number of carbonyl (C=O) groups is 1. The van der Waals surface area contributed by atoms with Gasteiger partial charge < -0.3 is 10.6 Å². The summed E-state index contributed by atoms with van der Waals surface area (Å²) < 4.78 is 0. The van der Waals surface area contributed by atoms with Gasteiger partial charge in [-0.3, -0.25) is 9.78 Å². The molecule has 2 heterocycles. The lowest BCUT2D eigenvalue weighted by Gasteiger charge is -2.25. The summed E-state index contributed by atoms with van der Waals surface area (Å²) >= 11 is 0. The Kier molecular flexibility index (Phi) is 4.31. The molecule has 1 aromatic rings. The van der Waals surface area contributed by atoms with Gasteiger partial charge in [0.1, 0.15) is 0 Å². The fourth-order valence-electron chi connectivity index (χ4n) is 2.62. The fraction of sp³-hybridized carbons (Fsp3) is 0.571. The van der Waals surface area contributed by atoms with Crippen molar-refractivity contribution in [3.63, 3.8) is 0 Å². The molecule has 1 amide bonds. The highest BCUT2D eigenvalue weighted by atomic mass is 16.2. The van der Waals surface area contributed by atoms with Crippen LogP contribution in [0.2, 0.25) is 0 Å². The lowest BCUT2D eigenvalue weighted by molar-refractivity contribution is 0.0728. The van der Waals surface area contributed by atoms with Crippen LogP contribution in [-0.4, -0.2) is 34.9 Å². The Hall–Kier alpha value is -1.42. The zero-order valence-electron chi connectivity index (χ0n) is 10.9. The summed E-state index contributed by atoms with van der Waals surface area (Å²) in [5, 5.41) is 0. The van der Waals surface area contributed by atoms with Crippen molar-refractivity contribution in [2.24, 2.45) is 5.73 Å². The lowest BCUT2D eigenvalue weighted by Crippen LogP contribution is -2.36. The number of nitrogens with two attached hydrogens (primary N) is 1. The fourth-order valence-corrected chi connectivity index (χ4v) is 2.62. The maximum absolute atomic E-state index is 12.5. The summed E-state index contributed by atoms with van der Waals surface area (Å²) in [6.07, 6.45) is 5.93. The molecule has 1 atom stereocenters. The van der Waals surface area contributed by atoms with Crippen LogP contribution in [0.3, 0.4) is 0 Å². The quantitative estimate of drug-likeness (QED) is 0.881. The minimum Gasteiger partial charge on any atom is -0.336 e. The second-order valence-corrected chi connectivity index (χ2v) is 4.86. The topological polar surface area (TPSA) is 59.2 Å². The van der Waals surface area contributed by atoms with Crippen molar-refractivity contribution in [1.82, 2.24) is 9.88 Å². The zero-order valence-corrected chi connectivity index (χ0v) is 10.9. The molecular formula is C14H21N3O. The van der Waals surface area contributed by atoms with E-state index in [0.717, 1.165) is 43.5 Å². The van der Waals surface area contributed by atoms with Gasteiger partial charge in [-0.1, -0.05) is 0 Å². The minimum absolute atomic E-state index is 0.125. The Morgan fingerprint density at radius 3 is 3.17 bits per heavy atom.